The minimum Gasteiger partial charge on any atom is -0.342 e. The Morgan fingerprint density at radius 3 is 1.44 bits per heavy atom. The number of aliphatic imine (C=N–C) groups is 2. The summed E-state index contributed by atoms with van der Waals surface area (Å²) in [6.45, 7) is 2.12. The Bertz CT molecular complexity index is 3210. The smallest absolute Gasteiger partial charge is 0.163 e. The van der Waals surface area contributed by atoms with Gasteiger partial charge in [0.1, 0.15) is 11.7 Å². The quantitative estimate of drug-likeness (QED) is 0.167. The van der Waals surface area contributed by atoms with Gasteiger partial charge in [-0.3, -0.25) is 4.57 Å². The molecule has 3 heterocycles. The molecule has 1 N–H and O–H groups in total. The largest absolute Gasteiger partial charge is 0.342 e. The van der Waals surface area contributed by atoms with E-state index in [4.69, 9.17) is 15.0 Å². The molecule has 0 saturated carbocycles. The molecule has 0 amide bonds. The minimum absolute atomic E-state index is 0.590. The molecule has 294 valence electrons. The standard InChI is InChI=1S/C57H41N5/c1-57(46-27-15-6-16-28-46)60-54(42-25-13-5-14-26-42)59-55(61-57)51-37-45(48-30-18-17-29-47(48)41-23-11-4-12-24-41)38-58-56(51)62-52-33-31-43(39-19-7-2-8-20-39)35-49(52)50-36-44(32-34-53(50)62)40-21-9-3-10-22-40/h2-38H,1H3,(H,59,60,61). The van der Waals surface area contributed by atoms with E-state index in [1.165, 1.54) is 11.1 Å². The zero-order chi connectivity index (χ0) is 41.5. The highest BCUT2D eigenvalue weighted by Gasteiger charge is 2.33. The van der Waals surface area contributed by atoms with Crippen LogP contribution in [-0.4, -0.2) is 21.2 Å². The molecule has 11 rings (SSSR count). The van der Waals surface area contributed by atoms with Crippen LogP contribution in [0.3, 0.4) is 0 Å². The molecule has 2 aromatic heterocycles. The lowest BCUT2D eigenvalue weighted by molar-refractivity contribution is 0.455. The number of rotatable bonds is 8. The van der Waals surface area contributed by atoms with Gasteiger partial charge in [-0.1, -0.05) is 188 Å². The maximum atomic E-state index is 5.55. The maximum Gasteiger partial charge on any atom is 0.163 e. The fourth-order valence-electron chi connectivity index (χ4n) is 8.81. The molecule has 1 atom stereocenters. The van der Waals surface area contributed by atoms with Crippen LogP contribution in [-0.2, 0) is 5.66 Å². The highest BCUT2D eigenvalue weighted by Crippen LogP contribution is 2.40. The SMILES string of the molecule is CC1(c2ccccc2)N=C(c2cc(-c3ccccc3-c3ccccc3)cnc2-n2c3ccc(-c4ccccc4)cc3c3cc(-c4ccccc4)ccc32)N=C(c2ccccc2)N1. The summed E-state index contributed by atoms with van der Waals surface area (Å²) in [4.78, 5) is 16.4. The van der Waals surface area contributed by atoms with Crippen LogP contribution in [0.15, 0.2) is 235 Å². The van der Waals surface area contributed by atoms with Crippen molar-refractivity contribution < 1.29 is 0 Å². The second-order valence-electron chi connectivity index (χ2n) is 15.9. The van der Waals surface area contributed by atoms with E-state index in [0.29, 0.717) is 5.84 Å². The molecule has 1 aliphatic rings. The third kappa shape index (κ3) is 6.66. The molecule has 5 heteroatoms. The summed E-state index contributed by atoms with van der Waals surface area (Å²) >= 11 is 0. The normalized spacial score (nSPS) is 14.9. The number of nitrogens with zero attached hydrogens (tertiary/aromatic N) is 4. The number of nitrogens with one attached hydrogen (secondary N) is 1. The molecule has 0 radical (unpaired) electrons. The molecular weight excluding hydrogens is 755 g/mol. The van der Waals surface area contributed by atoms with E-state index in [1.807, 2.05) is 30.5 Å². The molecule has 0 bridgehead atoms. The maximum absolute atomic E-state index is 5.55. The Kier molecular flexibility index (Phi) is 9.20. The summed E-state index contributed by atoms with van der Waals surface area (Å²) in [5.41, 5.74) is 13.0. The number of hydrogen-bond donors (Lipinski definition) is 1. The predicted molar refractivity (Wildman–Crippen MR) is 257 cm³/mol. The van der Waals surface area contributed by atoms with Crippen LogP contribution < -0.4 is 5.32 Å². The van der Waals surface area contributed by atoms with Crippen LogP contribution in [0.4, 0.5) is 0 Å². The highest BCUT2D eigenvalue weighted by molar-refractivity contribution is 6.16. The van der Waals surface area contributed by atoms with E-state index < -0.39 is 5.66 Å². The first-order valence-corrected chi connectivity index (χ1v) is 21.0. The van der Waals surface area contributed by atoms with Crippen molar-refractivity contribution in [2.45, 2.75) is 12.6 Å². The lowest BCUT2D eigenvalue weighted by Crippen LogP contribution is -2.46. The predicted octanol–water partition coefficient (Wildman–Crippen LogP) is 13.5. The molecular formula is C57H41N5. The van der Waals surface area contributed by atoms with E-state index in [-0.39, 0.29) is 0 Å². The molecule has 1 aliphatic heterocycles. The van der Waals surface area contributed by atoms with E-state index in [0.717, 1.165) is 83.5 Å². The fraction of sp³-hybridized carbons (Fsp3) is 0.0351. The van der Waals surface area contributed by atoms with Gasteiger partial charge in [0.25, 0.3) is 0 Å². The van der Waals surface area contributed by atoms with Gasteiger partial charge in [0, 0.05) is 28.1 Å². The van der Waals surface area contributed by atoms with Crippen molar-refractivity contribution in [2.24, 2.45) is 9.98 Å². The third-order valence-electron chi connectivity index (χ3n) is 11.9. The van der Waals surface area contributed by atoms with Gasteiger partial charge >= 0.3 is 0 Å². The first kappa shape index (κ1) is 36.9. The van der Waals surface area contributed by atoms with Gasteiger partial charge in [-0.05, 0) is 81.8 Å². The van der Waals surface area contributed by atoms with Crippen molar-refractivity contribution in [2.75, 3.05) is 0 Å². The van der Waals surface area contributed by atoms with Crippen LogP contribution in [0.5, 0.6) is 0 Å². The monoisotopic (exact) mass is 795 g/mol. The molecule has 0 spiro atoms. The molecule has 5 nitrogen and oxygen atoms in total. The van der Waals surface area contributed by atoms with Gasteiger partial charge in [0.2, 0.25) is 0 Å². The molecule has 10 aromatic rings. The number of aromatic nitrogens is 2. The Morgan fingerprint density at radius 2 is 0.887 bits per heavy atom. The average Bonchev–Trinajstić information content (AvgIpc) is 3.68. The molecule has 62 heavy (non-hydrogen) atoms. The van der Waals surface area contributed by atoms with Gasteiger partial charge in [0.15, 0.2) is 11.5 Å². The summed E-state index contributed by atoms with van der Waals surface area (Å²) in [6, 6.07) is 76.8. The average molecular weight is 796 g/mol. The van der Waals surface area contributed by atoms with Crippen LogP contribution in [0.2, 0.25) is 0 Å². The van der Waals surface area contributed by atoms with Gasteiger partial charge in [-0.2, -0.15) is 0 Å². The van der Waals surface area contributed by atoms with Gasteiger partial charge in [-0.25, -0.2) is 15.0 Å². The van der Waals surface area contributed by atoms with Crippen molar-refractivity contribution in [1.82, 2.24) is 14.9 Å². The van der Waals surface area contributed by atoms with Crippen LogP contribution in [0.25, 0.3) is 72.1 Å². The summed E-state index contributed by atoms with van der Waals surface area (Å²) in [7, 11) is 0. The van der Waals surface area contributed by atoms with Crippen molar-refractivity contribution in [3.05, 3.63) is 241 Å². The van der Waals surface area contributed by atoms with E-state index in [9.17, 15) is 0 Å². The topological polar surface area (TPSA) is 54.6 Å². The third-order valence-corrected chi connectivity index (χ3v) is 11.9. The number of amidine groups is 2. The lowest BCUT2D eigenvalue weighted by Gasteiger charge is -2.33. The molecule has 0 saturated heterocycles. The zero-order valence-corrected chi connectivity index (χ0v) is 34.2. The van der Waals surface area contributed by atoms with Crippen LogP contribution in [0, 0.1) is 0 Å². The van der Waals surface area contributed by atoms with Gasteiger partial charge in [0.05, 0.1) is 16.6 Å². The summed E-state index contributed by atoms with van der Waals surface area (Å²) in [6.07, 6.45) is 2.01. The summed E-state index contributed by atoms with van der Waals surface area (Å²) in [5, 5.41) is 6.01. The van der Waals surface area contributed by atoms with Crippen LogP contribution in [0.1, 0.15) is 23.6 Å². The number of pyridine rings is 1. The zero-order valence-electron chi connectivity index (χ0n) is 34.2. The second kappa shape index (κ2) is 15.5. The molecule has 0 fully saturated rings. The highest BCUT2D eigenvalue weighted by atomic mass is 15.2. The van der Waals surface area contributed by atoms with Crippen molar-refractivity contribution in [3.63, 3.8) is 0 Å². The number of fused-ring (bicyclic) bond motifs is 3. The number of hydrogen-bond acceptors (Lipinski definition) is 4. The Labute approximate surface area is 361 Å². The van der Waals surface area contributed by atoms with E-state index in [2.05, 4.69) is 211 Å². The molecule has 8 aromatic carbocycles. The van der Waals surface area contributed by atoms with Gasteiger partial charge in [-0.15, -0.1) is 0 Å². The van der Waals surface area contributed by atoms with Crippen molar-refractivity contribution >= 4 is 33.5 Å². The van der Waals surface area contributed by atoms with Crippen molar-refractivity contribution in [3.8, 4) is 50.3 Å². The lowest BCUT2D eigenvalue weighted by atomic mass is 9.94. The van der Waals surface area contributed by atoms with Crippen LogP contribution >= 0.6 is 0 Å². The molecule has 0 aliphatic carbocycles. The Hall–Kier alpha value is -8.15. The second-order valence-corrected chi connectivity index (χ2v) is 15.9. The number of benzene rings is 8. The first-order valence-electron chi connectivity index (χ1n) is 21.0. The fourth-order valence-corrected chi connectivity index (χ4v) is 8.81. The molecule has 1 unspecified atom stereocenters. The summed E-state index contributed by atoms with van der Waals surface area (Å²) < 4.78 is 2.30. The first-order chi connectivity index (χ1) is 30.6. The summed E-state index contributed by atoms with van der Waals surface area (Å²) in [5.74, 6) is 2.08. The van der Waals surface area contributed by atoms with Crippen molar-refractivity contribution in [1.29, 1.82) is 0 Å². The Balaban J connectivity index is 1.21. The Morgan fingerprint density at radius 1 is 0.419 bits per heavy atom. The van der Waals surface area contributed by atoms with E-state index in [1.54, 1.807) is 0 Å². The van der Waals surface area contributed by atoms with E-state index >= 15 is 0 Å². The van der Waals surface area contributed by atoms with Gasteiger partial charge < -0.3 is 5.32 Å². The minimum atomic E-state index is -0.839.